The van der Waals surface area contributed by atoms with E-state index < -0.39 is 52.8 Å². The number of phosphoric acid groups is 2. The molecule has 6 N–H and O–H groups in total. The van der Waals surface area contributed by atoms with Crippen molar-refractivity contribution in [3.63, 3.8) is 0 Å². The van der Waals surface area contributed by atoms with Crippen LogP contribution in [-0.2, 0) is 27.4 Å². The minimum atomic E-state index is -5.37. The molecule has 37 heavy (non-hydrogen) atoms. The van der Waals surface area contributed by atoms with Gasteiger partial charge in [0.25, 0.3) is 0 Å². The topological polar surface area (TPSA) is 239 Å². The zero-order valence-electron chi connectivity index (χ0n) is 18.8. The van der Waals surface area contributed by atoms with E-state index in [4.69, 9.17) is 25.0 Å². The number of ether oxygens (including phenoxy) is 2. The molecule has 200 valence electrons. The highest BCUT2D eigenvalue weighted by Crippen LogP contribution is 2.57. The van der Waals surface area contributed by atoms with Gasteiger partial charge in [-0.3, -0.25) is 9.09 Å². The van der Waals surface area contributed by atoms with Crippen molar-refractivity contribution in [2.45, 2.75) is 29.7 Å². The molecule has 19 heteroatoms. The van der Waals surface area contributed by atoms with Gasteiger partial charge in [-0.25, -0.2) is 28.9 Å². The maximum absolute atomic E-state index is 12.8. The van der Waals surface area contributed by atoms with Crippen LogP contribution >= 0.6 is 27.4 Å². The van der Waals surface area contributed by atoms with Gasteiger partial charge in [0.1, 0.15) is 17.7 Å². The summed E-state index contributed by atoms with van der Waals surface area (Å²) in [6, 6.07) is 7.90. The molecule has 0 spiro atoms. The van der Waals surface area contributed by atoms with E-state index in [2.05, 4.69) is 23.8 Å². The number of fused-ring (bicyclic) bond motifs is 1. The van der Waals surface area contributed by atoms with Crippen LogP contribution in [0.2, 0.25) is 0 Å². The lowest BCUT2D eigenvalue weighted by Gasteiger charge is -2.22. The molecule has 0 aliphatic carbocycles. The van der Waals surface area contributed by atoms with Gasteiger partial charge in [-0.1, -0.05) is 30.0 Å². The van der Waals surface area contributed by atoms with Gasteiger partial charge in [0.05, 0.1) is 18.5 Å². The van der Waals surface area contributed by atoms with Crippen LogP contribution in [0.25, 0.3) is 11.2 Å². The van der Waals surface area contributed by atoms with Crippen molar-refractivity contribution in [1.82, 2.24) is 19.5 Å². The summed E-state index contributed by atoms with van der Waals surface area (Å²) < 4.78 is 43.8. The number of hydrogen-bond donors (Lipinski definition) is 5. The lowest BCUT2D eigenvalue weighted by atomic mass is 10.1. The summed E-state index contributed by atoms with van der Waals surface area (Å²) in [7, 11) is -10.6. The van der Waals surface area contributed by atoms with Crippen LogP contribution in [0.1, 0.15) is 16.6 Å². The Morgan fingerprint density at radius 2 is 1.92 bits per heavy atom. The number of aliphatic hydroxyl groups excluding tert-OH is 1. The van der Waals surface area contributed by atoms with Crippen LogP contribution in [0.5, 0.6) is 0 Å². The number of nitrogens with zero attached hydrogens (tertiary/aromatic N) is 4. The zero-order valence-corrected chi connectivity index (χ0v) is 21.4. The van der Waals surface area contributed by atoms with Crippen molar-refractivity contribution in [2.24, 2.45) is 0 Å². The Labute approximate surface area is 212 Å². The van der Waals surface area contributed by atoms with Gasteiger partial charge in [0.15, 0.2) is 29.0 Å². The lowest BCUT2D eigenvalue weighted by molar-refractivity contribution is -0.0558. The number of benzene rings is 1. The van der Waals surface area contributed by atoms with Crippen molar-refractivity contribution < 1.29 is 52.0 Å². The number of esters is 1. The van der Waals surface area contributed by atoms with Crippen molar-refractivity contribution >= 4 is 50.4 Å². The minimum Gasteiger partial charge on any atom is -0.451 e. The van der Waals surface area contributed by atoms with E-state index in [0.29, 0.717) is 5.16 Å². The second-order valence-corrected chi connectivity index (χ2v) is 11.2. The number of thioether (sulfide) groups is 1. The Hall–Kier alpha value is -2.43. The molecule has 0 saturated carbocycles. The standard InChI is InChI=1S/C18H21N5O11P2S/c1-37-18-21-14(19)11-15(22-18)23(8-20-11)16-13(33-17(25)9-5-3-2-4-6-9)12(24)10(32-16)7-31-36(29,30)34-35(26,27)28/h2-6,8,10,12-13,16,24H,7H2,1H3,(H,29,30)(H2,19,21,22)(H2,26,27,28)/t10-,12+,13-,16-/m1/s1. The number of rotatable bonds is 9. The predicted octanol–water partition coefficient (Wildman–Crippen LogP) is 0.841. The van der Waals surface area contributed by atoms with Crippen LogP contribution in [0.4, 0.5) is 5.82 Å². The van der Waals surface area contributed by atoms with Gasteiger partial charge < -0.3 is 35.0 Å². The SMILES string of the molecule is CSc1nc(N)c2ncn([C@@H]3O[C@H](COP(=O)(O)OP(=O)(O)O)[C@H](O)[C@H]3OC(=O)c3ccccc3)c2n1. The van der Waals surface area contributed by atoms with Crippen LogP contribution in [-0.4, -0.2) is 76.4 Å². The lowest BCUT2D eigenvalue weighted by Crippen LogP contribution is -2.37. The fourth-order valence-corrected chi connectivity index (χ4v) is 5.46. The maximum Gasteiger partial charge on any atom is 0.481 e. The second kappa shape index (κ2) is 10.7. The molecule has 3 aromatic rings. The van der Waals surface area contributed by atoms with E-state index in [9.17, 15) is 23.9 Å². The minimum absolute atomic E-state index is 0.0696. The number of carbonyl (C=O) groups excluding carboxylic acids is 1. The molecule has 0 amide bonds. The average molecular weight is 577 g/mol. The summed E-state index contributed by atoms with van der Waals surface area (Å²) in [5, 5.41) is 11.2. The molecule has 4 rings (SSSR count). The molecular formula is C18H21N5O11P2S. The van der Waals surface area contributed by atoms with E-state index in [1.807, 2.05) is 0 Å². The van der Waals surface area contributed by atoms with Crippen LogP contribution in [0, 0.1) is 0 Å². The van der Waals surface area contributed by atoms with Crippen LogP contribution in [0.15, 0.2) is 41.8 Å². The number of aliphatic hydroxyl groups is 1. The van der Waals surface area contributed by atoms with Gasteiger partial charge in [-0.2, -0.15) is 4.31 Å². The Kier molecular flexibility index (Phi) is 8.02. The Morgan fingerprint density at radius 1 is 1.22 bits per heavy atom. The van der Waals surface area contributed by atoms with Gasteiger partial charge in [0.2, 0.25) is 0 Å². The van der Waals surface area contributed by atoms with Crippen molar-refractivity contribution in [1.29, 1.82) is 0 Å². The number of nitrogen functional groups attached to an aromatic ring is 1. The molecule has 1 fully saturated rings. The summed E-state index contributed by atoms with van der Waals surface area (Å²) in [6.07, 6.45) is -2.74. The molecule has 0 bridgehead atoms. The fourth-order valence-electron chi connectivity index (χ4n) is 3.49. The van der Waals surface area contributed by atoms with E-state index in [1.165, 1.54) is 34.8 Å². The fraction of sp³-hybridized carbons (Fsp3) is 0.333. The smallest absolute Gasteiger partial charge is 0.451 e. The molecule has 0 radical (unpaired) electrons. The Morgan fingerprint density at radius 3 is 2.57 bits per heavy atom. The molecule has 3 heterocycles. The molecule has 2 aromatic heterocycles. The summed E-state index contributed by atoms with van der Waals surface area (Å²) in [6.45, 7) is -0.870. The van der Waals surface area contributed by atoms with Crippen molar-refractivity contribution in [3.8, 4) is 0 Å². The van der Waals surface area contributed by atoms with Gasteiger partial charge >= 0.3 is 21.6 Å². The molecule has 1 saturated heterocycles. The van der Waals surface area contributed by atoms with E-state index in [1.54, 1.807) is 24.5 Å². The molecule has 5 atom stereocenters. The third kappa shape index (κ3) is 6.35. The number of phosphoric ester groups is 1. The summed E-state index contributed by atoms with van der Waals surface area (Å²) in [5.41, 5.74) is 6.54. The largest absolute Gasteiger partial charge is 0.481 e. The van der Waals surface area contributed by atoms with Gasteiger partial charge in [-0.15, -0.1) is 0 Å². The summed E-state index contributed by atoms with van der Waals surface area (Å²) in [4.78, 5) is 52.5. The molecule has 1 aliphatic heterocycles. The normalized spacial score (nSPS) is 23.7. The molecule has 1 unspecified atom stereocenters. The Balaban J connectivity index is 1.65. The second-order valence-electron chi connectivity index (χ2n) is 7.55. The highest BCUT2D eigenvalue weighted by atomic mass is 32.2. The number of hydrogen-bond acceptors (Lipinski definition) is 13. The number of carbonyl (C=O) groups is 1. The first-order valence-electron chi connectivity index (χ1n) is 10.3. The average Bonchev–Trinajstić information content (AvgIpc) is 3.38. The molecule has 16 nitrogen and oxygen atoms in total. The van der Waals surface area contributed by atoms with Crippen molar-refractivity contribution in [3.05, 3.63) is 42.2 Å². The number of nitrogens with two attached hydrogens (primary N) is 1. The Bertz CT molecular complexity index is 1390. The zero-order chi connectivity index (χ0) is 27.0. The number of aromatic nitrogens is 4. The van der Waals surface area contributed by atoms with Crippen LogP contribution < -0.4 is 5.73 Å². The van der Waals surface area contributed by atoms with Gasteiger partial charge in [-0.05, 0) is 18.4 Å². The third-order valence-corrected chi connectivity index (χ3v) is 7.76. The first-order valence-corrected chi connectivity index (χ1v) is 14.5. The summed E-state index contributed by atoms with van der Waals surface area (Å²) >= 11 is 1.20. The molecule has 1 aromatic carbocycles. The highest BCUT2D eigenvalue weighted by Gasteiger charge is 2.49. The highest BCUT2D eigenvalue weighted by molar-refractivity contribution is 7.98. The quantitative estimate of drug-likeness (QED) is 0.102. The number of imidazole rings is 1. The van der Waals surface area contributed by atoms with Gasteiger partial charge in [0, 0.05) is 0 Å². The molecular weight excluding hydrogens is 556 g/mol. The van der Waals surface area contributed by atoms with Crippen LogP contribution in [0.3, 0.4) is 0 Å². The monoisotopic (exact) mass is 577 g/mol. The third-order valence-electron chi connectivity index (χ3n) is 5.06. The summed E-state index contributed by atoms with van der Waals surface area (Å²) in [5.74, 6) is -0.735. The van der Waals surface area contributed by atoms with Crippen molar-refractivity contribution in [2.75, 3.05) is 18.6 Å². The number of anilines is 1. The van der Waals surface area contributed by atoms with E-state index >= 15 is 0 Å². The maximum atomic E-state index is 12.8. The van der Waals surface area contributed by atoms with E-state index in [-0.39, 0.29) is 22.5 Å². The van der Waals surface area contributed by atoms with E-state index in [0.717, 1.165) is 0 Å². The predicted molar refractivity (Wildman–Crippen MR) is 126 cm³/mol. The first kappa shape index (κ1) is 27.6. The first-order chi connectivity index (χ1) is 17.4. The molecule has 1 aliphatic rings.